The highest BCUT2D eigenvalue weighted by Crippen LogP contribution is 2.38. The van der Waals surface area contributed by atoms with Crippen LogP contribution >= 0.6 is 22.9 Å². The molecule has 0 unspecified atom stereocenters. The molecule has 5 nitrogen and oxygen atoms in total. The Morgan fingerprint density at radius 3 is 2.64 bits per heavy atom. The molecule has 0 radical (unpaired) electrons. The summed E-state index contributed by atoms with van der Waals surface area (Å²) in [7, 11) is 0. The second-order valence-electron chi connectivity index (χ2n) is 7.64. The molecule has 1 aromatic heterocycles. The van der Waals surface area contributed by atoms with Gasteiger partial charge in [0.2, 0.25) is 0 Å². The smallest absolute Gasteiger partial charge is 0.254 e. The third-order valence-corrected chi connectivity index (χ3v) is 6.92. The number of benzene rings is 1. The maximum Gasteiger partial charge on any atom is 0.254 e. The number of hydrogen-bond donors (Lipinski definition) is 1. The van der Waals surface area contributed by atoms with Crippen LogP contribution in [-0.2, 0) is 0 Å². The van der Waals surface area contributed by atoms with Crippen molar-refractivity contribution in [2.75, 3.05) is 13.1 Å². The van der Waals surface area contributed by atoms with Crippen LogP contribution in [0.2, 0.25) is 5.02 Å². The largest absolute Gasteiger partial charge is 0.488 e. The number of aliphatic hydroxyl groups excluding tert-OH is 1. The summed E-state index contributed by atoms with van der Waals surface area (Å²) in [6.45, 7) is 2.79. The van der Waals surface area contributed by atoms with Crippen molar-refractivity contribution in [1.29, 1.82) is 0 Å². The van der Waals surface area contributed by atoms with Crippen molar-refractivity contribution < 1.29 is 19.4 Å². The van der Waals surface area contributed by atoms with Gasteiger partial charge in [-0.25, -0.2) is 0 Å². The summed E-state index contributed by atoms with van der Waals surface area (Å²) in [5, 5.41) is 12.9. The minimum Gasteiger partial charge on any atom is -0.488 e. The zero-order valence-electron chi connectivity index (χ0n) is 15.5. The van der Waals surface area contributed by atoms with Gasteiger partial charge < -0.3 is 14.7 Å². The fourth-order valence-electron chi connectivity index (χ4n) is 4.21. The van der Waals surface area contributed by atoms with Crippen LogP contribution in [0.4, 0.5) is 0 Å². The highest BCUT2D eigenvalue weighted by molar-refractivity contribution is 7.12. The van der Waals surface area contributed by atoms with Gasteiger partial charge in [0.1, 0.15) is 11.9 Å². The van der Waals surface area contributed by atoms with Crippen LogP contribution in [0.3, 0.4) is 0 Å². The molecule has 0 bridgehead atoms. The lowest BCUT2D eigenvalue weighted by Crippen LogP contribution is -2.42. The quantitative estimate of drug-likeness (QED) is 0.763. The van der Waals surface area contributed by atoms with E-state index in [1.807, 2.05) is 17.0 Å². The monoisotopic (exact) mass is 419 g/mol. The molecule has 4 rings (SSSR count). The van der Waals surface area contributed by atoms with Gasteiger partial charge in [0.15, 0.2) is 5.78 Å². The lowest BCUT2D eigenvalue weighted by Gasteiger charge is -2.35. The van der Waals surface area contributed by atoms with E-state index in [9.17, 15) is 14.7 Å². The van der Waals surface area contributed by atoms with Gasteiger partial charge in [0, 0.05) is 23.5 Å². The third kappa shape index (κ3) is 3.95. The van der Waals surface area contributed by atoms with Gasteiger partial charge in [-0.05, 0) is 55.9 Å². The standard InChI is InChI=1S/C21H22ClNO4S/c1-12(24)20-7-15(11-28-20)21(26)23-9-13-5-18(25)19(6-14(13)10-23)27-17-4-2-3-16(22)8-17/h2-4,7-8,11,13-14,18-19,25H,5-6,9-10H2,1H3/t13-,14+,18+,19+/m0/s1. The number of nitrogens with zero attached hydrogens (tertiary/aromatic N) is 1. The topological polar surface area (TPSA) is 66.8 Å². The van der Waals surface area contributed by atoms with E-state index in [0.29, 0.717) is 53.1 Å². The Labute approximate surface area is 172 Å². The third-order valence-electron chi connectivity index (χ3n) is 5.65. The fraction of sp³-hybridized carbons (Fsp3) is 0.429. The van der Waals surface area contributed by atoms with Crippen LogP contribution in [-0.4, -0.2) is 47.0 Å². The second-order valence-corrected chi connectivity index (χ2v) is 8.99. The summed E-state index contributed by atoms with van der Waals surface area (Å²) in [5.74, 6) is 1.14. The summed E-state index contributed by atoms with van der Waals surface area (Å²) in [4.78, 5) is 26.8. The average Bonchev–Trinajstić information content (AvgIpc) is 3.28. The molecular formula is C21H22ClNO4S. The number of carbonyl (C=O) groups is 2. The molecule has 2 aliphatic rings. The Kier molecular flexibility index (Phi) is 5.45. The van der Waals surface area contributed by atoms with Crippen molar-refractivity contribution >= 4 is 34.6 Å². The number of carbonyl (C=O) groups excluding carboxylic acids is 2. The van der Waals surface area contributed by atoms with E-state index >= 15 is 0 Å². The maximum atomic E-state index is 12.8. The lowest BCUT2D eigenvalue weighted by molar-refractivity contribution is -0.0231. The minimum absolute atomic E-state index is 0.0248. The number of fused-ring (bicyclic) bond motifs is 1. The molecule has 2 heterocycles. The summed E-state index contributed by atoms with van der Waals surface area (Å²) in [5.41, 5.74) is 0.570. The van der Waals surface area contributed by atoms with Gasteiger partial charge in [-0.3, -0.25) is 9.59 Å². The first kappa shape index (κ1) is 19.4. The first-order chi connectivity index (χ1) is 13.4. The molecule has 1 amide bonds. The molecule has 1 N–H and O–H groups in total. The molecule has 1 aliphatic carbocycles. The van der Waals surface area contributed by atoms with Gasteiger partial charge >= 0.3 is 0 Å². The predicted octanol–water partition coefficient (Wildman–Crippen LogP) is 3.89. The van der Waals surface area contributed by atoms with Crippen molar-refractivity contribution in [3.63, 3.8) is 0 Å². The van der Waals surface area contributed by atoms with E-state index in [-0.39, 0.29) is 23.7 Å². The zero-order chi connectivity index (χ0) is 19.8. The number of ketones is 1. The molecule has 1 aliphatic heterocycles. The minimum atomic E-state index is -0.569. The van der Waals surface area contributed by atoms with E-state index in [4.69, 9.17) is 16.3 Å². The van der Waals surface area contributed by atoms with Crippen LogP contribution in [0, 0.1) is 11.8 Å². The number of ether oxygens (including phenoxy) is 1. The number of likely N-dealkylation sites (tertiary alicyclic amines) is 1. The lowest BCUT2D eigenvalue weighted by atomic mass is 9.78. The van der Waals surface area contributed by atoms with Crippen molar-refractivity contribution in [3.8, 4) is 5.75 Å². The molecule has 148 valence electrons. The summed E-state index contributed by atoms with van der Waals surface area (Å²) in [6, 6.07) is 8.86. The molecule has 4 atom stereocenters. The zero-order valence-corrected chi connectivity index (χ0v) is 17.1. The van der Waals surface area contributed by atoms with E-state index < -0.39 is 6.10 Å². The van der Waals surface area contributed by atoms with E-state index in [2.05, 4.69) is 0 Å². The molecule has 28 heavy (non-hydrogen) atoms. The Balaban J connectivity index is 1.42. The van der Waals surface area contributed by atoms with Crippen LogP contribution in [0.5, 0.6) is 5.75 Å². The number of rotatable bonds is 4. The van der Waals surface area contributed by atoms with E-state index in [1.54, 1.807) is 23.6 Å². The number of hydrogen-bond acceptors (Lipinski definition) is 5. The van der Waals surface area contributed by atoms with Crippen molar-refractivity contribution in [2.45, 2.75) is 32.0 Å². The number of Topliss-reactive ketones (excluding diaryl/α,β-unsaturated/α-hetero) is 1. The van der Waals surface area contributed by atoms with Gasteiger partial charge in [0.05, 0.1) is 16.5 Å². The first-order valence-electron chi connectivity index (χ1n) is 9.39. The summed E-state index contributed by atoms with van der Waals surface area (Å²) < 4.78 is 5.99. The Morgan fingerprint density at radius 1 is 1.21 bits per heavy atom. The molecule has 2 aromatic rings. The van der Waals surface area contributed by atoms with Gasteiger partial charge in [-0.2, -0.15) is 0 Å². The van der Waals surface area contributed by atoms with Gasteiger partial charge in [-0.15, -0.1) is 11.3 Å². The average molecular weight is 420 g/mol. The predicted molar refractivity (Wildman–Crippen MR) is 108 cm³/mol. The highest BCUT2D eigenvalue weighted by Gasteiger charge is 2.44. The van der Waals surface area contributed by atoms with Crippen molar-refractivity contribution in [1.82, 2.24) is 4.90 Å². The molecule has 0 spiro atoms. The summed E-state index contributed by atoms with van der Waals surface area (Å²) in [6.07, 6.45) is 0.438. The number of aliphatic hydroxyl groups is 1. The van der Waals surface area contributed by atoms with Gasteiger partial charge in [-0.1, -0.05) is 17.7 Å². The summed E-state index contributed by atoms with van der Waals surface area (Å²) >= 11 is 7.32. The second kappa shape index (κ2) is 7.85. The number of amides is 1. The Bertz CT molecular complexity index is 898. The van der Waals surface area contributed by atoms with Crippen molar-refractivity contribution in [2.24, 2.45) is 11.8 Å². The molecular weight excluding hydrogens is 398 g/mol. The molecule has 1 aromatic carbocycles. The van der Waals surface area contributed by atoms with Crippen LogP contribution in [0.25, 0.3) is 0 Å². The normalized spacial score (nSPS) is 26.8. The Morgan fingerprint density at radius 2 is 1.96 bits per heavy atom. The maximum absolute atomic E-state index is 12.8. The number of halogens is 1. The number of thiophene rings is 1. The first-order valence-corrected chi connectivity index (χ1v) is 10.7. The van der Waals surface area contributed by atoms with Gasteiger partial charge in [0.25, 0.3) is 5.91 Å². The highest BCUT2D eigenvalue weighted by atomic mass is 35.5. The SMILES string of the molecule is CC(=O)c1cc(C(=O)N2C[C@H]3C[C@@H](Oc4cccc(Cl)c4)[C@H](O)C[C@H]3C2)cs1. The van der Waals surface area contributed by atoms with E-state index in [1.165, 1.54) is 18.3 Å². The van der Waals surface area contributed by atoms with E-state index in [0.717, 1.165) is 0 Å². The van der Waals surface area contributed by atoms with Crippen LogP contribution < -0.4 is 4.74 Å². The molecule has 1 saturated heterocycles. The van der Waals surface area contributed by atoms with Crippen LogP contribution in [0.15, 0.2) is 35.7 Å². The fourth-order valence-corrected chi connectivity index (χ4v) is 5.18. The molecule has 1 saturated carbocycles. The molecule has 7 heteroatoms. The molecule has 2 fully saturated rings. The van der Waals surface area contributed by atoms with Crippen LogP contribution in [0.1, 0.15) is 39.8 Å². The Hall–Kier alpha value is -1.89. The van der Waals surface area contributed by atoms with Crippen molar-refractivity contribution in [3.05, 3.63) is 51.2 Å².